The number of pyridine rings is 1. The summed E-state index contributed by atoms with van der Waals surface area (Å²) in [6.07, 6.45) is 3.61. The molecule has 1 N–H and O–H groups in total. The predicted octanol–water partition coefficient (Wildman–Crippen LogP) is 3.32. The Morgan fingerprint density at radius 2 is 1.69 bits per heavy atom. The second kappa shape index (κ2) is 5.63. The lowest BCUT2D eigenvalue weighted by molar-refractivity contribution is 0.819. The fourth-order valence-electron chi connectivity index (χ4n) is 3.07. The SMILES string of the molecule is O=c1[nH]nc(-n2cc(-c3ccc4ccccc4n3)cn2)c2ccccc12. The number of hydrogen-bond acceptors (Lipinski definition) is 4. The molecule has 0 spiro atoms. The zero-order valence-corrected chi connectivity index (χ0v) is 13.6. The molecular weight excluding hydrogens is 326 g/mol. The first kappa shape index (κ1) is 14.5. The first-order valence-corrected chi connectivity index (χ1v) is 8.18. The molecule has 6 heteroatoms. The van der Waals surface area contributed by atoms with E-state index in [0.29, 0.717) is 11.2 Å². The molecule has 26 heavy (non-hydrogen) atoms. The number of fused-ring (bicyclic) bond motifs is 2. The molecule has 5 rings (SSSR count). The smallest absolute Gasteiger partial charge is 0.267 e. The molecule has 0 aliphatic rings. The van der Waals surface area contributed by atoms with Crippen molar-refractivity contribution in [2.75, 3.05) is 0 Å². The number of aromatic nitrogens is 5. The molecule has 0 amide bonds. The maximum absolute atomic E-state index is 12.0. The average molecular weight is 339 g/mol. The van der Waals surface area contributed by atoms with Gasteiger partial charge in [0.05, 0.1) is 22.8 Å². The van der Waals surface area contributed by atoms with E-state index < -0.39 is 0 Å². The number of nitrogens with zero attached hydrogens (tertiary/aromatic N) is 4. The molecule has 0 atom stereocenters. The van der Waals surface area contributed by atoms with Crippen LogP contribution in [0, 0.1) is 0 Å². The van der Waals surface area contributed by atoms with E-state index >= 15 is 0 Å². The summed E-state index contributed by atoms with van der Waals surface area (Å²) in [6.45, 7) is 0. The monoisotopic (exact) mass is 339 g/mol. The van der Waals surface area contributed by atoms with Crippen LogP contribution in [0.1, 0.15) is 0 Å². The summed E-state index contributed by atoms with van der Waals surface area (Å²) in [5, 5.41) is 13.5. The molecule has 0 saturated carbocycles. The number of rotatable bonds is 2. The second-order valence-corrected chi connectivity index (χ2v) is 5.98. The molecule has 0 aliphatic heterocycles. The van der Waals surface area contributed by atoms with Crippen molar-refractivity contribution in [1.29, 1.82) is 0 Å². The molecule has 2 aromatic carbocycles. The second-order valence-electron chi connectivity index (χ2n) is 5.98. The first-order valence-electron chi connectivity index (χ1n) is 8.18. The Labute approximate surface area is 147 Å². The van der Waals surface area contributed by atoms with Gasteiger partial charge in [-0.25, -0.2) is 14.8 Å². The molecular formula is C20H13N5O. The molecule has 0 unspecified atom stereocenters. The van der Waals surface area contributed by atoms with Gasteiger partial charge in [0.1, 0.15) is 0 Å². The highest BCUT2D eigenvalue weighted by Gasteiger charge is 2.11. The van der Waals surface area contributed by atoms with Gasteiger partial charge in [-0.15, -0.1) is 0 Å². The molecule has 3 heterocycles. The minimum absolute atomic E-state index is 0.215. The Hall–Kier alpha value is -3.80. The summed E-state index contributed by atoms with van der Waals surface area (Å²) in [7, 11) is 0. The van der Waals surface area contributed by atoms with Crippen LogP contribution in [0.25, 0.3) is 38.8 Å². The van der Waals surface area contributed by atoms with Crippen molar-refractivity contribution in [2.24, 2.45) is 0 Å². The van der Waals surface area contributed by atoms with Crippen LogP contribution in [0.4, 0.5) is 0 Å². The van der Waals surface area contributed by atoms with Gasteiger partial charge in [0, 0.05) is 22.5 Å². The Morgan fingerprint density at radius 1 is 0.885 bits per heavy atom. The van der Waals surface area contributed by atoms with E-state index in [4.69, 9.17) is 4.98 Å². The maximum Gasteiger partial charge on any atom is 0.272 e. The number of aromatic amines is 1. The van der Waals surface area contributed by atoms with Gasteiger partial charge in [-0.05, 0) is 18.2 Å². The van der Waals surface area contributed by atoms with Crippen LogP contribution in [-0.2, 0) is 0 Å². The Bertz CT molecular complexity index is 1320. The number of nitrogens with one attached hydrogen (secondary N) is 1. The molecule has 6 nitrogen and oxygen atoms in total. The lowest BCUT2D eigenvalue weighted by atomic mass is 10.1. The topological polar surface area (TPSA) is 76.5 Å². The van der Waals surface area contributed by atoms with Crippen LogP contribution in [0.3, 0.4) is 0 Å². The molecule has 0 aliphatic carbocycles. The Balaban J connectivity index is 1.64. The van der Waals surface area contributed by atoms with Crippen LogP contribution in [0.15, 0.2) is 77.9 Å². The molecule has 0 bridgehead atoms. The zero-order chi connectivity index (χ0) is 17.5. The third kappa shape index (κ3) is 2.28. The lowest BCUT2D eigenvalue weighted by Crippen LogP contribution is -2.12. The fraction of sp³-hybridized carbons (Fsp3) is 0. The van der Waals surface area contributed by atoms with Gasteiger partial charge in [0.15, 0.2) is 5.82 Å². The highest BCUT2D eigenvalue weighted by atomic mass is 16.1. The van der Waals surface area contributed by atoms with Gasteiger partial charge in [0.25, 0.3) is 5.56 Å². The quantitative estimate of drug-likeness (QED) is 0.535. The van der Waals surface area contributed by atoms with E-state index in [-0.39, 0.29) is 5.56 Å². The van der Waals surface area contributed by atoms with Crippen molar-refractivity contribution in [1.82, 2.24) is 25.0 Å². The van der Waals surface area contributed by atoms with Crippen molar-refractivity contribution in [2.45, 2.75) is 0 Å². The summed E-state index contributed by atoms with van der Waals surface area (Å²) >= 11 is 0. The van der Waals surface area contributed by atoms with Crippen LogP contribution in [0.5, 0.6) is 0 Å². The predicted molar refractivity (Wildman–Crippen MR) is 100 cm³/mol. The first-order chi connectivity index (χ1) is 12.8. The zero-order valence-electron chi connectivity index (χ0n) is 13.6. The molecule has 3 aromatic heterocycles. The highest BCUT2D eigenvalue weighted by Crippen LogP contribution is 2.22. The number of benzene rings is 2. The fourth-order valence-corrected chi connectivity index (χ4v) is 3.07. The van der Waals surface area contributed by atoms with E-state index in [0.717, 1.165) is 27.5 Å². The van der Waals surface area contributed by atoms with Gasteiger partial charge >= 0.3 is 0 Å². The van der Waals surface area contributed by atoms with Crippen molar-refractivity contribution in [3.63, 3.8) is 0 Å². The van der Waals surface area contributed by atoms with Crippen molar-refractivity contribution < 1.29 is 0 Å². The number of para-hydroxylation sites is 1. The molecule has 5 aromatic rings. The van der Waals surface area contributed by atoms with E-state index in [2.05, 4.69) is 15.3 Å². The van der Waals surface area contributed by atoms with Gasteiger partial charge in [-0.3, -0.25) is 4.79 Å². The Morgan fingerprint density at radius 3 is 2.62 bits per heavy atom. The van der Waals surface area contributed by atoms with Crippen LogP contribution < -0.4 is 5.56 Å². The summed E-state index contributed by atoms with van der Waals surface area (Å²) < 4.78 is 1.66. The molecule has 124 valence electrons. The molecule has 0 radical (unpaired) electrons. The molecule has 0 saturated heterocycles. The largest absolute Gasteiger partial charge is 0.272 e. The third-order valence-corrected chi connectivity index (χ3v) is 4.37. The van der Waals surface area contributed by atoms with Gasteiger partial charge < -0.3 is 0 Å². The standard InChI is InChI=1S/C20H13N5O/c26-20-16-7-3-2-6-15(16)19(23-24-20)25-12-14(11-21-25)18-10-9-13-5-1-4-8-17(13)22-18/h1-12H,(H,24,26). The summed E-state index contributed by atoms with van der Waals surface area (Å²) in [5.74, 6) is 0.576. The van der Waals surface area contributed by atoms with Crippen molar-refractivity contribution >= 4 is 21.7 Å². The average Bonchev–Trinajstić information content (AvgIpc) is 3.18. The van der Waals surface area contributed by atoms with E-state index in [1.54, 1.807) is 16.9 Å². The van der Waals surface area contributed by atoms with Crippen LogP contribution >= 0.6 is 0 Å². The normalized spacial score (nSPS) is 11.2. The van der Waals surface area contributed by atoms with Crippen LogP contribution in [-0.4, -0.2) is 25.0 Å². The van der Waals surface area contributed by atoms with Gasteiger partial charge in [-0.2, -0.15) is 10.2 Å². The minimum atomic E-state index is -0.215. The summed E-state index contributed by atoms with van der Waals surface area (Å²) in [5.41, 5.74) is 2.44. The Kier molecular flexibility index (Phi) is 3.15. The summed E-state index contributed by atoms with van der Waals surface area (Å²) in [4.78, 5) is 16.7. The van der Waals surface area contributed by atoms with Crippen LogP contribution in [0.2, 0.25) is 0 Å². The van der Waals surface area contributed by atoms with E-state index in [1.165, 1.54) is 0 Å². The van der Waals surface area contributed by atoms with Crippen molar-refractivity contribution in [3.8, 4) is 17.1 Å². The molecule has 0 fully saturated rings. The maximum atomic E-state index is 12.0. The van der Waals surface area contributed by atoms with Gasteiger partial charge in [-0.1, -0.05) is 42.5 Å². The highest BCUT2D eigenvalue weighted by molar-refractivity contribution is 5.87. The third-order valence-electron chi connectivity index (χ3n) is 4.37. The van der Waals surface area contributed by atoms with E-state index in [9.17, 15) is 4.79 Å². The lowest BCUT2D eigenvalue weighted by Gasteiger charge is -2.04. The number of hydrogen-bond donors (Lipinski definition) is 1. The van der Waals surface area contributed by atoms with Crippen molar-refractivity contribution in [3.05, 3.63) is 83.4 Å². The van der Waals surface area contributed by atoms with Gasteiger partial charge in [0.2, 0.25) is 0 Å². The minimum Gasteiger partial charge on any atom is -0.267 e. The number of H-pyrrole nitrogens is 1. The van der Waals surface area contributed by atoms with E-state index in [1.807, 2.05) is 60.8 Å². The summed E-state index contributed by atoms with van der Waals surface area (Å²) in [6, 6.07) is 19.3.